The molecule has 1 aromatic heterocycles. The fourth-order valence-electron chi connectivity index (χ4n) is 2.51. The summed E-state index contributed by atoms with van der Waals surface area (Å²) in [6.07, 6.45) is 1.78. The number of rotatable bonds is 3. The van der Waals surface area contributed by atoms with Gasteiger partial charge in [-0.25, -0.2) is 9.59 Å². The third kappa shape index (κ3) is 2.71. The number of carboxylic acids is 1. The fraction of sp³-hybridized carbons (Fsp3) is 0.538. The minimum atomic E-state index is -0.865. The molecule has 2 unspecified atom stereocenters. The average Bonchev–Trinajstić information content (AvgIpc) is 2.46. The summed E-state index contributed by atoms with van der Waals surface area (Å²) in [5, 5.41) is 17.1. The number of hydrogen-bond acceptors (Lipinski definition) is 6. The molecule has 1 aromatic rings. The fourth-order valence-corrected chi connectivity index (χ4v) is 2.51. The van der Waals surface area contributed by atoms with Gasteiger partial charge < -0.3 is 14.7 Å². The molecule has 0 saturated carbocycles. The maximum Gasteiger partial charge on any atom is 0.358 e. The van der Waals surface area contributed by atoms with Gasteiger partial charge in [0.15, 0.2) is 11.5 Å². The summed E-state index contributed by atoms with van der Waals surface area (Å²) >= 11 is 0. The van der Waals surface area contributed by atoms with Crippen LogP contribution in [0.1, 0.15) is 30.3 Å². The summed E-state index contributed by atoms with van der Waals surface area (Å²) in [5.41, 5.74) is 0.105. The number of esters is 1. The van der Waals surface area contributed by atoms with Gasteiger partial charge >= 0.3 is 11.9 Å². The van der Waals surface area contributed by atoms with Gasteiger partial charge in [0.25, 0.3) is 0 Å². The number of anilines is 1. The Balaban J connectivity index is 2.25. The molecule has 1 aliphatic rings. The van der Waals surface area contributed by atoms with Crippen LogP contribution in [-0.4, -0.2) is 46.9 Å². The Labute approximate surface area is 116 Å². The van der Waals surface area contributed by atoms with E-state index in [1.54, 1.807) is 11.0 Å². The quantitative estimate of drug-likeness (QED) is 0.823. The molecule has 0 bridgehead atoms. The maximum absolute atomic E-state index is 11.4. The summed E-state index contributed by atoms with van der Waals surface area (Å²) in [6.45, 7) is 2.54. The minimum absolute atomic E-state index is 0.0448. The molecule has 2 rings (SSSR count). The number of carbonyl (C=O) groups excluding carboxylic acids is 1. The largest absolute Gasteiger partial charge is 0.480 e. The highest BCUT2D eigenvalue weighted by Crippen LogP contribution is 2.27. The second-order valence-corrected chi connectivity index (χ2v) is 4.86. The lowest BCUT2D eigenvalue weighted by atomic mass is 9.91. The third-order valence-electron chi connectivity index (χ3n) is 3.53. The highest BCUT2D eigenvalue weighted by Gasteiger charge is 2.35. The van der Waals surface area contributed by atoms with Crippen LogP contribution in [0.2, 0.25) is 0 Å². The number of ether oxygens (including phenoxy) is 1. The number of piperidine rings is 1. The van der Waals surface area contributed by atoms with Crippen molar-refractivity contribution in [1.82, 2.24) is 10.2 Å². The Morgan fingerprint density at radius 2 is 2.15 bits per heavy atom. The molecule has 0 aromatic carbocycles. The molecule has 7 heteroatoms. The van der Waals surface area contributed by atoms with Crippen LogP contribution in [0.15, 0.2) is 12.1 Å². The van der Waals surface area contributed by atoms with Crippen molar-refractivity contribution >= 4 is 17.8 Å². The molecule has 0 radical (unpaired) electrons. The summed E-state index contributed by atoms with van der Waals surface area (Å²) in [4.78, 5) is 24.4. The van der Waals surface area contributed by atoms with Gasteiger partial charge in [-0.3, -0.25) is 0 Å². The number of carboxylic acid groups (broad SMARTS) is 1. The van der Waals surface area contributed by atoms with Crippen LogP contribution < -0.4 is 4.90 Å². The van der Waals surface area contributed by atoms with E-state index in [1.165, 1.54) is 13.2 Å². The summed E-state index contributed by atoms with van der Waals surface area (Å²) in [6, 6.07) is 2.49. The van der Waals surface area contributed by atoms with Crippen molar-refractivity contribution in [1.29, 1.82) is 0 Å². The molecule has 2 heterocycles. The predicted molar refractivity (Wildman–Crippen MR) is 70.5 cm³/mol. The molecule has 2 atom stereocenters. The van der Waals surface area contributed by atoms with E-state index in [1.807, 2.05) is 6.92 Å². The zero-order valence-electron chi connectivity index (χ0n) is 11.4. The molecule has 1 N–H and O–H groups in total. The van der Waals surface area contributed by atoms with Crippen LogP contribution in [0, 0.1) is 5.92 Å². The molecule has 7 nitrogen and oxygen atoms in total. The first kappa shape index (κ1) is 14.2. The van der Waals surface area contributed by atoms with Crippen LogP contribution >= 0.6 is 0 Å². The Morgan fingerprint density at radius 1 is 1.40 bits per heavy atom. The van der Waals surface area contributed by atoms with Gasteiger partial charge in [0.1, 0.15) is 6.04 Å². The first-order valence-corrected chi connectivity index (χ1v) is 6.46. The van der Waals surface area contributed by atoms with E-state index >= 15 is 0 Å². The second kappa shape index (κ2) is 5.85. The second-order valence-electron chi connectivity index (χ2n) is 4.86. The molecule has 0 spiro atoms. The lowest BCUT2D eigenvalue weighted by molar-refractivity contribution is -0.140. The maximum atomic E-state index is 11.4. The average molecular weight is 279 g/mol. The molecule has 1 aliphatic heterocycles. The minimum Gasteiger partial charge on any atom is -0.480 e. The van der Waals surface area contributed by atoms with Gasteiger partial charge in [0.05, 0.1) is 7.11 Å². The van der Waals surface area contributed by atoms with E-state index in [-0.39, 0.29) is 11.6 Å². The van der Waals surface area contributed by atoms with Crippen LogP contribution in [0.25, 0.3) is 0 Å². The highest BCUT2D eigenvalue weighted by atomic mass is 16.5. The summed E-state index contributed by atoms with van der Waals surface area (Å²) < 4.78 is 4.55. The predicted octanol–water partition coefficient (Wildman–Crippen LogP) is 0.953. The number of aliphatic carboxylic acids is 1. The molecule has 0 aliphatic carbocycles. The van der Waals surface area contributed by atoms with Gasteiger partial charge in [0.2, 0.25) is 0 Å². The van der Waals surface area contributed by atoms with E-state index in [2.05, 4.69) is 14.9 Å². The van der Waals surface area contributed by atoms with Crippen molar-refractivity contribution in [3.05, 3.63) is 17.8 Å². The van der Waals surface area contributed by atoms with Crippen LogP contribution in [0.5, 0.6) is 0 Å². The van der Waals surface area contributed by atoms with Crippen LogP contribution in [-0.2, 0) is 9.53 Å². The highest BCUT2D eigenvalue weighted by molar-refractivity contribution is 5.87. The molecule has 20 heavy (non-hydrogen) atoms. The topological polar surface area (TPSA) is 92.6 Å². The molecule has 108 valence electrons. The van der Waals surface area contributed by atoms with Crippen molar-refractivity contribution in [2.24, 2.45) is 5.92 Å². The van der Waals surface area contributed by atoms with Gasteiger partial charge in [-0.15, -0.1) is 10.2 Å². The normalized spacial score (nSPS) is 22.4. The summed E-state index contributed by atoms with van der Waals surface area (Å²) in [5.74, 6) is -0.915. The van der Waals surface area contributed by atoms with E-state index < -0.39 is 18.0 Å². The summed E-state index contributed by atoms with van der Waals surface area (Å²) in [7, 11) is 1.27. The Kier molecular flexibility index (Phi) is 4.16. The van der Waals surface area contributed by atoms with E-state index in [0.717, 1.165) is 12.8 Å². The van der Waals surface area contributed by atoms with Crippen molar-refractivity contribution < 1.29 is 19.4 Å². The lowest BCUT2D eigenvalue weighted by Crippen LogP contribution is -2.49. The van der Waals surface area contributed by atoms with Crippen LogP contribution in [0.4, 0.5) is 5.82 Å². The zero-order valence-corrected chi connectivity index (χ0v) is 11.4. The number of aromatic nitrogens is 2. The van der Waals surface area contributed by atoms with Crippen molar-refractivity contribution in [3.63, 3.8) is 0 Å². The molecule has 0 amide bonds. The smallest absolute Gasteiger partial charge is 0.358 e. The van der Waals surface area contributed by atoms with Gasteiger partial charge in [-0.2, -0.15) is 0 Å². The first-order valence-electron chi connectivity index (χ1n) is 6.46. The Morgan fingerprint density at radius 3 is 2.70 bits per heavy atom. The molecule has 1 saturated heterocycles. The number of nitrogens with zero attached hydrogens (tertiary/aromatic N) is 3. The molecular formula is C13H17N3O4. The molecular weight excluding hydrogens is 262 g/mol. The van der Waals surface area contributed by atoms with E-state index in [0.29, 0.717) is 12.4 Å². The number of methoxy groups -OCH3 is 1. The van der Waals surface area contributed by atoms with Crippen molar-refractivity contribution in [2.45, 2.75) is 25.8 Å². The van der Waals surface area contributed by atoms with E-state index in [4.69, 9.17) is 0 Å². The number of hydrogen-bond donors (Lipinski definition) is 1. The monoisotopic (exact) mass is 279 g/mol. The van der Waals surface area contributed by atoms with Gasteiger partial charge in [-0.05, 0) is 30.9 Å². The first-order chi connectivity index (χ1) is 9.54. The van der Waals surface area contributed by atoms with Crippen molar-refractivity contribution in [2.75, 3.05) is 18.6 Å². The van der Waals surface area contributed by atoms with Crippen molar-refractivity contribution in [3.8, 4) is 0 Å². The third-order valence-corrected chi connectivity index (χ3v) is 3.53. The van der Waals surface area contributed by atoms with E-state index in [9.17, 15) is 14.7 Å². The van der Waals surface area contributed by atoms with Crippen LogP contribution in [0.3, 0.4) is 0 Å². The molecule has 1 fully saturated rings. The SMILES string of the molecule is COC(=O)c1ccc(N2CCCC(C)C2C(=O)O)nn1. The lowest BCUT2D eigenvalue weighted by Gasteiger charge is -2.37. The zero-order chi connectivity index (χ0) is 14.7. The Bertz CT molecular complexity index is 503. The van der Waals surface area contributed by atoms with Gasteiger partial charge in [0, 0.05) is 6.54 Å². The Hall–Kier alpha value is -2.18. The van der Waals surface area contributed by atoms with Gasteiger partial charge in [-0.1, -0.05) is 6.92 Å². The standard InChI is InChI=1S/C13H17N3O4/c1-8-4-3-7-16(11(8)12(17)18)10-6-5-9(14-15-10)13(19)20-2/h5-6,8,11H,3-4,7H2,1-2H3,(H,17,18). The number of carbonyl (C=O) groups is 2.